The van der Waals surface area contributed by atoms with Crippen LogP contribution in [0.3, 0.4) is 0 Å². The molecule has 4 aromatic rings. The number of amides is 5. The second-order valence-corrected chi connectivity index (χ2v) is 29.0. The van der Waals surface area contributed by atoms with Crippen LogP contribution in [0.15, 0.2) is 54.9 Å². The Morgan fingerprint density at radius 1 is 0.949 bits per heavy atom. The summed E-state index contributed by atoms with van der Waals surface area (Å²) in [5.41, 5.74) is 11.0. The fourth-order valence-corrected chi connectivity index (χ4v) is 17.4. The molecule has 3 aliphatic heterocycles. The van der Waals surface area contributed by atoms with E-state index < -0.39 is 79.5 Å². The number of hydrogen-bond acceptors (Lipinski definition) is 12. The number of aromatic nitrogens is 2. The number of nitrogens with zero attached hydrogens (tertiary/aromatic N) is 6. The number of ether oxygens (including phenoxy) is 3. The predicted octanol–water partition coefficient (Wildman–Crippen LogP) is 8.13. The van der Waals surface area contributed by atoms with Gasteiger partial charge in [-0.15, -0.1) is 0 Å². The minimum Gasteiger partial charge on any atom is -0.543 e. The highest BCUT2D eigenvalue weighted by Gasteiger charge is 2.48. The summed E-state index contributed by atoms with van der Waals surface area (Å²) in [5.74, 6) is -2.21. The van der Waals surface area contributed by atoms with E-state index in [-0.39, 0.29) is 49.3 Å². The Balaban J connectivity index is 1.37. The minimum atomic E-state index is -2.57. The largest absolute Gasteiger partial charge is 0.543 e. The minimum absolute atomic E-state index is 0.0286. The van der Waals surface area contributed by atoms with Gasteiger partial charge in [-0.25, -0.2) is 10.2 Å². The van der Waals surface area contributed by atoms with Crippen LogP contribution in [0.1, 0.15) is 106 Å². The fourth-order valence-electron chi connectivity index (χ4n) is 12.2. The molecular weight excluding hydrogens is 1010 g/mol. The second-order valence-electron chi connectivity index (χ2n) is 23.6. The van der Waals surface area contributed by atoms with Crippen molar-refractivity contribution < 1.29 is 47.4 Å². The first kappa shape index (κ1) is 59.4. The summed E-state index contributed by atoms with van der Waals surface area (Å²) < 4.78 is 26.5. The summed E-state index contributed by atoms with van der Waals surface area (Å²) >= 11 is 0. The van der Waals surface area contributed by atoms with Gasteiger partial charge in [-0.2, -0.15) is 0 Å². The van der Waals surface area contributed by atoms with Crippen molar-refractivity contribution >= 4 is 54.9 Å². The van der Waals surface area contributed by atoms with Gasteiger partial charge in [-0.3, -0.25) is 38.9 Å². The van der Waals surface area contributed by atoms with Crippen molar-refractivity contribution in [3.05, 3.63) is 71.5 Å². The molecule has 19 heteroatoms. The third kappa shape index (κ3) is 12.4. The first-order chi connectivity index (χ1) is 36.9. The van der Waals surface area contributed by atoms with E-state index in [0.717, 1.165) is 50.0 Å². The number of carbonyl (C=O) groups excluding carboxylic acids is 6. The van der Waals surface area contributed by atoms with Gasteiger partial charge in [-0.05, 0) is 107 Å². The van der Waals surface area contributed by atoms with Gasteiger partial charge in [0.05, 0.1) is 39.1 Å². The van der Waals surface area contributed by atoms with Crippen molar-refractivity contribution in [1.82, 2.24) is 40.0 Å². The van der Waals surface area contributed by atoms with Gasteiger partial charge < -0.3 is 38.3 Å². The van der Waals surface area contributed by atoms with Gasteiger partial charge in [0.15, 0.2) is 0 Å². The SMILES string of the molecule is CCn1c(-c2cnccc2COC)c2c3cc(ccc31)-c1cc(cc(O[Si](C(C)C)(C(C)C)C(C)C)c1)C[C@H](NC(=O)[C@H](C(C)C)N(C)C(=O)CN(C)C(=O)[C@H]1CN1C(=O)OC)C(=O)N1CCC[C@H](N1)C(=O)OCC(C)(C)C2. The molecule has 5 amide bonds. The van der Waals surface area contributed by atoms with Crippen molar-refractivity contribution in [3.63, 3.8) is 0 Å². The zero-order valence-corrected chi connectivity index (χ0v) is 49.7. The third-order valence-corrected chi connectivity index (χ3v) is 22.1. The number of pyridine rings is 1. The van der Waals surface area contributed by atoms with Crippen LogP contribution in [-0.2, 0) is 64.2 Å². The standard InChI is InChI=1S/C59H84N8O10Si/c1-16-65-49-20-19-40-28-44(49)45(53(65)46-30-60-22-21-41(46)33-74-14)29-59(10,11)34-76-57(72)47-18-17-23-67(62-47)55(70)48(26-39-24-42(40)27-43(25-39)77-78(36(4)5,37(6)7)38(8)9)61-54(69)52(35(2)3)64(13)51(68)32-63(12)56(71)50-31-66(50)58(73)75-15/h19-22,24-25,27-28,30,35-38,47-48,50,52,62H,16-18,23,26,29,31-34H2,1-15H3,(H,61,69)/t47-,48-,50+,52-,66?/m0/s1. The molecule has 2 fully saturated rings. The molecule has 3 aliphatic rings. The molecular formula is C59H84N8O10Si. The Morgan fingerprint density at radius 2 is 1.65 bits per heavy atom. The van der Waals surface area contributed by atoms with E-state index in [1.54, 1.807) is 13.3 Å². The van der Waals surface area contributed by atoms with Crippen LogP contribution in [0, 0.1) is 11.3 Å². The van der Waals surface area contributed by atoms with E-state index >= 15 is 4.79 Å². The van der Waals surface area contributed by atoms with Gasteiger partial charge in [0.2, 0.25) is 17.7 Å². The number of likely N-dealkylation sites (N-methyl/N-ethyl adjacent to an activating group) is 2. The first-order valence-electron chi connectivity index (χ1n) is 27.7. The topological polar surface area (TPSA) is 194 Å². The summed E-state index contributed by atoms with van der Waals surface area (Å²) in [5, 5.41) is 5.55. The molecule has 0 saturated carbocycles. The lowest BCUT2D eigenvalue weighted by atomic mass is 9.84. The van der Waals surface area contributed by atoms with E-state index in [1.165, 1.54) is 40.9 Å². The van der Waals surface area contributed by atoms with E-state index in [2.05, 4.69) is 113 Å². The maximum absolute atomic E-state index is 15.2. The number of benzene rings is 2. The molecule has 0 spiro atoms. The first-order valence-corrected chi connectivity index (χ1v) is 29.8. The highest BCUT2D eigenvalue weighted by Crippen LogP contribution is 2.45. The second kappa shape index (κ2) is 24.4. The Morgan fingerprint density at radius 3 is 2.29 bits per heavy atom. The molecule has 2 aromatic carbocycles. The average molecular weight is 1090 g/mol. The summed E-state index contributed by atoms with van der Waals surface area (Å²) in [6.07, 6.45) is 4.56. The maximum atomic E-state index is 15.2. The highest BCUT2D eigenvalue weighted by atomic mass is 28.4. The summed E-state index contributed by atoms with van der Waals surface area (Å²) in [7, 11) is 3.34. The van der Waals surface area contributed by atoms with E-state index in [9.17, 15) is 24.0 Å². The number of nitrogens with one attached hydrogen (secondary N) is 2. The predicted molar refractivity (Wildman–Crippen MR) is 303 cm³/mol. The van der Waals surface area contributed by atoms with Gasteiger partial charge >= 0.3 is 12.1 Å². The van der Waals surface area contributed by atoms with Gasteiger partial charge in [-0.1, -0.05) is 81.4 Å². The lowest BCUT2D eigenvalue weighted by molar-refractivity contribution is -0.155. The number of hydrazine groups is 1. The molecule has 6 bridgehead atoms. The number of hydrogen-bond donors (Lipinski definition) is 2. The quantitative estimate of drug-likeness (QED) is 0.0623. The van der Waals surface area contributed by atoms with Crippen LogP contribution in [-0.4, -0.2) is 152 Å². The molecule has 0 radical (unpaired) electrons. The van der Waals surface area contributed by atoms with Crippen LogP contribution in [0.5, 0.6) is 5.75 Å². The Hall–Kier alpha value is -6.31. The monoisotopic (exact) mass is 1090 g/mol. The maximum Gasteiger partial charge on any atom is 0.410 e. The molecule has 0 aliphatic carbocycles. The number of methoxy groups -OCH3 is 2. The average Bonchev–Trinajstić information content (AvgIpc) is 4.34. The number of aryl methyl sites for hydroxylation is 1. The van der Waals surface area contributed by atoms with Crippen LogP contribution in [0.2, 0.25) is 16.6 Å². The lowest BCUT2D eigenvalue weighted by Crippen LogP contribution is -2.62. The Labute approximate surface area is 461 Å². The highest BCUT2D eigenvalue weighted by molar-refractivity contribution is 6.78. The van der Waals surface area contributed by atoms with E-state index in [0.29, 0.717) is 38.2 Å². The summed E-state index contributed by atoms with van der Waals surface area (Å²) in [6.45, 7) is 24.7. The number of carbonyl (C=O) groups is 6. The number of fused-ring (bicyclic) bond motifs is 6. The molecule has 2 aromatic heterocycles. The van der Waals surface area contributed by atoms with Crippen LogP contribution in [0.25, 0.3) is 33.3 Å². The van der Waals surface area contributed by atoms with Crippen molar-refractivity contribution in [2.45, 2.75) is 156 Å². The number of rotatable bonds is 16. The molecule has 7 rings (SSSR count). The molecule has 5 heterocycles. The van der Waals surface area contributed by atoms with Crippen LogP contribution >= 0.6 is 0 Å². The molecule has 2 saturated heterocycles. The molecule has 78 heavy (non-hydrogen) atoms. The van der Waals surface area contributed by atoms with Crippen molar-refractivity contribution in [3.8, 4) is 28.1 Å². The number of esters is 1. The Bertz CT molecular complexity index is 2860. The smallest absolute Gasteiger partial charge is 0.410 e. The number of cyclic esters (lactones) is 1. The zero-order chi connectivity index (χ0) is 57.1. The molecule has 18 nitrogen and oxygen atoms in total. The van der Waals surface area contributed by atoms with Gasteiger partial charge in [0.1, 0.15) is 29.9 Å². The molecule has 424 valence electrons. The molecule has 2 N–H and O–H groups in total. The summed E-state index contributed by atoms with van der Waals surface area (Å²) in [6, 6.07) is 10.9. The normalized spacial score (nSPS) is 19.2. The van der Waals surface area contributed by atoms with Gasteiger partial charge in [0, 0.05) is 75.0 Å². The van der Waals surface area contributed by atoms with Gasteiger partial charge in [0.25, 0.3) is 14.2 Å². The van der Waals surface area contributed by atoms with Crippen molar-refractivity contribution in [1.29, 1.82) is 0 Å². The fraction of sp³-hybridized carbons (Fsp3) is 0.576. The molecule has 0 unspecified atom stereocenters. The summed E-state index contributed by atoms with van der Waals surface area (Å²) in [4.78, 5) is 92.1. The van der Waals surface area contributed by atoms with E-state index in [1.807, 2.05) is 32.2 Å². The zero-order valence-electron chi connectivity index (χ0n) is 48.7. The van der Waals surface area contributed by atoms with Crippen molar-refractivity contribution in [2.75, 3.05) is 54.6 Å². The Kier molecular flexibility index (Phi) is 18.5. The van der Waals surface area contributed by atoms with Crippen LogP contribution in [0.4, 0.5) is 4.79 Å². The third-order valence-electron chi connectivity index (χ3n) is 16.1. The van der Waals surface area contributed by atoms with Crippen molar-refractivity contribution in [2.24, 2.45) is 11.3 Å². The van der Waals surface area contributed by atoms with Crippen LogP contribution < -0.4 is 15.2 Å². The lowest BCUT2D eigenvalue weighted by Gasteiger charge is -2.42. The van der Waals surface area contributed by atoms with E-state index in [4.69, 9.17) is 18.6 Å². The molecule has 4 atom stereocenters.